The number of rotatable bonds is 6. The molecule has 2 aromatic heterocycles. The van der Waals surface area contributed by atoms with Crippen LogP contribution in [-0.2, 0) is 17.4 Å². The van der Waals surface area contributed by atoms with E-state index < -0.39 is 0 Å². The van der Waals surface area contributed by atoms with Crippen molar-refractivity contribution in [1.29, 1.82) is 0 Å². The SMILES string of the molecule is CC(C)(C)c1ccc(NCC2CCCCN2CCn2nc(C(C)(C)C)ccc2=O)nn1. The van der Waals surface area contributed by atoms with E-state index in [0.717, 1.165) is 43.3 Å². The summed E-state index contributed by atoms with van der Waals surface area (Å²) in [5.41, 5.74) is 1.83. The molecule has 1 atom stereocenters. The average Bonchev–Trinajstić information content (AvgIpc) is 2.71. The van der Waals surface area contributed by atoms with E-state index in [1.54, 1.807) is 10.7 Å². The molecule has 0 spiro atoms. The number of likely N-dealkylation sites (tertiary alicyclic amines) is 1. The summed E-state index contributed by atoms with van der Waals surface area (Å²) in [5.74, 6) is 0.814. The predicted octanol–water partition coefficient (Wildman–Crippen LogP) is 3.59. The zero-order chi connectivity index (χ0) is 22.6. The van der Waals surface area contributed by atoms with Crippen LogP contribution >= 0.6 is 0 Å². The van der Waals surface area contributed by atoms with E-state index in [4.69, 9.17) is 0 Å². The molecule has 1 aliphatic heterocycles. The van der Waals surface area contributed by atoms with Gasteiger partial charge in [-0.1, -0.05) is 48.0 Å². The molecule has 7 heteroatoms. The van der Waals surface area contributed by atoms with Gasteiger partial charge >= 0.3 is 0 Å². The first kappa shape index (κ1) is 23.4. The van der Waals surface area contributed by atoms with E-state index in [0.29, 0.717) is 12.6 Å². The van der Waals surface area contributed by atoms with Crippen molar-refractivity contribution < 1.29 is 0 Å². The molecule has 0 amide bonds. The minimum Gasteiger partial charge on any atom is -0.367 e. The smallest absolute Gasteiger partial charge is 0.266 e. The Morgan fingerprint density at radius 2 is 1.65 bits per heavy atom. The lowest BCUT2D eigenvalue weighted by atomic mass is 9.92. The van der Waals surface area contributed by atoms with E-state index in [1.807, 2.05) is 18.2 Å². The van der Waals surface area contributed by atoms with Gasteiger partial charge in [0.1, 0.15) is 5.82 Å². The third-order valence-electron chi connectivity index (χ3n) is 5.93. The largest absolute Gasteiger partial charge is 0.367 e. The van der Waals surface area contributed by atoms with Gasteiger partial charge in [-0.15, -0.1) is 5.10 Å². The van der Waals surface area contributed by atoms with Gasteiger partial charge in [-0.3, -0.25) is 9.69 Å². The van der Waals surface area contributed by atoms with E-state index in [2.05, 4.69) is 67.1 Å². The highest BCUT2D eigenvalue weighted by Crippen LogP contribution is 2.21. The molecule has 1 aliphatic rings. The van der Waals surface area contributed by atoms with Crippen LogP contribution in [0.4, 0.5) is 5.82 Å². The molecule has 1 N–H and O–H groups in total. The maximum absolute atomic E-state index is 12.3. The summed E-state index contributed by atoms with van der Waals surface area (Å²) in [4.78, 5) is 14.8. The van der Waals surface area contributed by atoms with Gasteiger partial charge in [0.05, 0.1) is 17.9 Å². The monoisotopic (exact) mass is 426 g/mol. The van der Waals surface area contributed by atoms with E-state index in [9.17, 15) is 4.79 Å². The molecule has 0 aliphatic carbocycles. The van der Waals surface area contributed by atoms with Gasteiger partial charge in [-0.25, -0.2) is 4.68 Å². The topological polar surface area (TPSA) is 75.9 Å². The zero-order valence-corrected chi connectivity index (χ0v) is 20.0. The lowest BCUT2D eigenvalue weighted by Gasteiger charge is -2.36. The summed E-state index contributed by atoms with van der Waals surface area (Å²) in [5, 5.41) is 16.8. The van der Waals surface area contributed by atoms with E-state index in [1.165, 1.54) is 12.8 Å². The fourth-order valence-electron chi connectivity index (χ4n) is 3.87. The van der Waals surface area contributed by atoms with Crippen LogP contribution in [-0.4, -0.2) is 50.6 Å². The summed E-state index contributed by atoms with van der Waals surface area (Å²) in [6.07, 6.45) is 3.57. The molecule has 1 unspecified atom stereocenters. The summed E-state index contributed by atoms with van der Waals surface area (Å²) in [7, 11) is 0. The molecular formula is C24H38N6O. The highest BCUT2D eigenvalue weighted by Gasteiger charge is 2.23. The van der Waals surface area contributed by atoms with Gasteiger partial charge in [0, 0.05) is 36.0 Å². The molecule has 3 heterocycles. The molecule has 7 nitrogen and oxygen atoms in total. The van der Waals surface area contributed by atoms with E-state index >= 15 is 0 Å². The second-order valence-corrected chi connectivity index (χ2v) is 10.7. The number of anilines is 1. The van der Waals surface area contributed by atoms with Crippen molar-refractivity contribution in [1.82, 2.24) is 24.9 Å². The third kappa shape index (κ3) is 6.35. The van der Waals surface area contributed by atoms with Crippen LogP contribution in [0.3, 0.4) is 0 Å². The molecule has 0 saturated carbocycles. The average molecular weight is 427 g/mol. The molecule has 1 saturated heterocycles. The van der Waals surface area contributed by atoms with Crippen molar-refractivity contribution in [3.8, 4) is 0 Å². The summed E-state index contributed by atoms with van der Waals surface area (Å²) in [6.45, 7) is 16.1. The summed E-state index contributed by atoms with van der Waals surface area (Å²) >= 11 is 0. The van der Waals surface area contributed by atoms with Crippen LogP contribution in [0.15, 0.2) is 29.1 Å². The Labute approximate surface area is 186 Å². The standard InChI is InChI=1S/C24H38N6O/c1-23(2,3)19-10-12-21(27-26-19)25-17-18-9-7-8-14-29(18)15-16-30-22(31)13-11-20(28-30)24(4,5)6/h10-13,18H,7-9,14-17H2,1-6H3,(H,25,27). The first-order valence-electron chi connectivity index (χ1n) is 11.4. The second kappa shape index (κ2) is 9.47. The number of piperidine rings is 1. The first-order chi connectivity index (χ1) is 14.5. The molecule has 3 rings (SSSR count). The molecular weight excluding hydrogens is 388 g/mol. The predicted molar refractivity (Wildman–Crippen MR) is 126 cm³/mol. The number of hydrogen-bond acceptors (Lipinski definition) is 6. The number of aromatic nitrogens is 4. The van der Waals surface area contributed by atoms with Gasteiger partial charge in [0.25, 0.3) is 5.56 Å². The minimum absolute atomic E-state index is 0.00209. The Bertz CT molecular complexity index is 907. The normalized spacial score (nSPS) is 18.2. The lowest BCUT2D eigenvalue weighted by Crippen LogP contribution is -2.45. The van der Waals surface area contributed by atoms with Crippen molar-refractivity contribution in [2.24, 2.45) is 0 Å². The van der Waals surface area contributed by atoms with Crippen molar-refractivity contribution in [2.45, 2.75) is 84.2 Å². The van der Waals surface area contributed by atoms with Crippen molar-refractivity contribution in [3.63, 3.8) is 0 Å². The van der Waals surface area contributed by atoms with Gasteiger partial charge in [-0.05, 0) is 37.6 Å². The number of nitrogens with one attached hydrogen (secondary N) is 1. The fourth-order valence-corrected chi connectivity index (χ4v) is 3.87. The molecule has 170 valence electrons. The van der Waals surface area contributed by atoms with E-state index in [-0.39, 0.29) is 16.4 Å². The minimum atomic E-state index is -0.0728. The molecule has 31 heavy (non-hydrogen) atoms. The number of hydrogen-bond donors (Lipinski definition) is 1. The Balaban J connectivity index is 1.60. The van der Waals surface area contributed by atoms with Gasteiger partial charge in [-0.2, -0.15) is 10.2 Å². The number of nitrogens with zero attached hydrogens (tertiary/aromatic N) is 5. The van der Waals surface area contributed by atoms with Crippen molar-refractivity contribution >= 4 is 5.82 Å². The van der Waals surface area contributed by atoms with Crippen LogP contribution in [0.5, 0.6) is 0 Å². The maximum atomic E-state index is 12.3. The van der Waals surface area contributed by atoms with Crippen LogP contribution in [0.25, 0.3) is 0 Å². The van der Waals surface area contributed by atoms with Crippen LogP contribution in [0.2, 0.25) is 0 Å². The highest BCUT2D eigenvalue weighted by molar-refractivity contribution is 5.34. The highest BCUT2D eigenvalue weighted by atomic mass is 16.1. The van der Waals surface area contributed by atoms with Crippen LogP contribution in [0, 0.1) is 0 Å². The molecule has 0 radical (unpaired) electrons. The Hall–Kier alpha value is -2.28. The van der Waals surface area contributed by atoms with Crippen molar-refractivity contribution in [2.75, 3.05) is 25.0 Å². The quantitative estimate of drug-likeness (QED) is 0.761. The first-order valence-corrected chi connectivity index (χ1v) is 11.4. The second-order valence-electron chi connectivity index (χ2n) is 10.7. The fraction of sp³-hybridized carbons (Fsp3) is 0.667. The molecule has 0 aromatic carbocycles. The van der Waals surface area contributed by atoms with Crippen molar-refractivity contribution in [3.05, 3.63) is 46.0 Å². The molecule has 1 fully saturated rings. The van der Waals surface area contributed by atoms with Gasteiger partial charge in [0.15, 0.2) is 0 Å². The zero-order valence-electron chi connectivity index (χ0n) is 20.0. The van der Waals surface area contributed by atoms with Crippen LogP contribution < -0.4 is 10.9 Å². The van der Waals surface area contributed by atoms with Gasteiger partial charge in [0.2, 0.25) is 0 Å². The van der Waals surface area contributed by atoms with Crippen LogP contribution in [0.1, 0.15) is 72.2 Å². The van der Waals surface area contributed by atoms with Gasteiger partial charge < -0.3 is 5.32 Å². The summed E-state index contributed by atoms with van der Waals surface area (Å²) in [6, 6.07) is 7.97. The summed E-state index contributed by atoms with van der Waals surface area (Å²) < 4.78 is 1.62. The third-order valence-corrected chi connectivity index (χ3v) is 5.93. The lowest BCUT2D eigenvalue weighted by molar-refractivity contribution is 0.147. The molecule has 0 bridgehead atoms. The maximum Gasteiger partial charge on any atom is 0.266 e. The Morgan fingerprint density at radius 3 is 2.29 bits per heavy atom. The Kier molecular flexibility index (Phi) is 7.14. The molecule has 2 aromatic rings. The Morgan fingerprint density at radius 1 is 0.935 bits per heavy atom.